The molecule has 2 aliphatic rings. The van der Waals surface area contributed by atoms with Crippen LogP contribution >= 0.6 is 0 Å². The van der Waals surface area contributed by atoms with Gasteiger partial charge in [0.2, 0.25) is 0 Å². The van der Waals surface area contributed by atoms with Crippen LogP contribution in [0.4, 0.5) is 4.79 Å². The SMILES string of the molecule is CC(C)NC(=O)NCC1OC(CO)C(O)C1N1CCc2ccccc2C1. The van der Waals surface area contributed by atoms with E-state index in [1.165, 1.54) is 11.1 Å². The van der Waals surface area contributed by atoms with E-state index in [4.69, 9.17) is 4.74 Å². The molecule has 144 valence electrons. The first-order valence-corrected chi connectivity index (χ1v) is 9.29. The van der Waals surface area contributed by atoms with Gasteiger partial charge in [0.25, 0.3) is 0 Å². The Kier molecular flexibility index (Phi) is 6.13. The Balaban J connectivity index is 1.69. The van der Waals surface area contributed by atoms with Gasteiger partial charge in [-0.25, -0.2) is 4.79 Å². The van der Waals surface area contributed by atoms with E-state index in [2.05, 4.69) is 27.7 Å². The zero-order chi connectivity index (χ0) is 18.7. The lowest BCUT2D eigenvalue weighted by atomic mass is 9.95. The van der Waals surface area contributed by atoms with E-state index >= 15 is 0 Å². The van der Waals surface area contributed by atoms with Crippen molar-refractivity contribution in [2.45, 2.75) is 57.2 Å². The van der Waals surface area contributed by atoms with Gasteiger partial charge in [0.1, 0.15) is 12.2 Å². The number of aliphatic hydroxyl groups is 2. The third-order valence-electron chi connectivity index (χ3n) is 5.11. The molecule has 4 N–H and O–H groups in total. The molecule has 0 radical (unpaired) electrons. The normalized spacial score (nSPS) is 28.8. The van der Waals surface area contributed by atoms with Crippen LogP contribution in [0, 0.1) is 0 Å². The molecule has 4 atom stereocenters. The monoisotopic (exact) mass is 363 g/mol. The number of fused-ring (bicyclic) bond motifs is 1. The predicted molar refractivity (Wildman–Crippen MR) is 97.8 cm³/mol. The quantitative estimate of drug-likeness (QED) is 0.601. The van der Waals surface area contributed by atoms with Gasteiger partial charge in [-0.05, 0) is 31.4 Å². The van der Waals surface area contributed by atoms with Crippen LogP contribution in [-0.2, 0) is 17.7 Å². The maximum Gasteiger partial charge on any atom is 0.315 e. The highest BCUT2D eigenvalue weighted by atomic mass is 16.5. The molecule has 26 heavy (non-hydrogen) atoms. The summed E-state index contributed by atoms with van der Waals surface area (Å²) >= 11 is 0. The van der Waals surface area contributed by atoms with Crippen molar-refractivity contribution in [1.82, 2.24) is 15.5 Å². The molecule has 3 rings (SSSR count). The van der Waals surface area contributed by atoms with Gasteiger partial charge in [-0.3, -0.25) is 4.90 Å². The number of nitrogens with one attached hydrogen (secondary N) is 2. The van der Waals surface area contributed by atoms with Crippen LogP contribution in [0.2, 0.25) is 0 Å². The standard InChI is InChI=1S/C19H29N3O4/c1-12(2)21-19(25)20-9-15-17(18(24)16(11-23)26-15)22-8-7-13-5-3-4-6-14(13)10-22/h3-6,12,15-18,23-24H,7-11H2,1-2H3,(H2,20,21,25). The first-order valence-electron chi connectivity index (χ1n) is 9.29. The average molecular weight is 363 g/mol. The topological polar surface area (TPSA) is 94.1 Å². The van der Waals surface area contributed by atoms with Crippen molar-refractivity contribution in [2.24, 2.45) is 0 Å². The maximum atomic E-state index is 11.9. The number of hydrogen-bond acceptors (Lipinski definition) is 5. The molecule has 1 fully saturated rings. The molecule has 0 aliphatic carbocycles. The molecule has 1 saturated heterocycles. The summed E-state index contributed by atoms with van der Waals surface area (Å²) in [5.74, 6) is 0. The van der Waals surface area contributed by atoms with Crippen molar-refractivity contribution in [3.63, 3.8) is 0 Å². The Bertz CT molecular complexity index is 625. The highest BCUT2D eigenvalue weighted by Gasteiger charge is 2.46. The largest absolute Gasteiger partial charge is 0.394 e. The van der Waals surface area contributed by atoms with Crippen LogP contribution in [0.25, 0.3) is 0 Å². The van der Waals surface area contributed by atoms with Crippen molar-refractivity contribution in [3.05, 3.63) is 35.4 Å². The number of aliphatic hydroxyl groups excluding tert-OH is 2. The van der Waals surface area contributed by atoms with Gasteiger partial charge >= 0.3 is 6.03 Å². The Hall–Kier alpha value is -1.67. The minimum Gasteiger partial charge on any atom is -0.394 e. The molecule has 7 heteroatoms. The lowest BCUT2D eigenvalue weighted by Gasteiger charge is -2.37. The Labute approximate surface area is 154 Å². The molecule has 2 heterocycles. The fourth-order valence-corrected chi connectivity index (χ4v) is 3.87. The van der Waals surface area contributed by atoms with Crippen LogP contribution in [0.3, 0.4) is 0 Å². The first kappa shape index (κ1) is 19.1. The zero-order valence-electron chi connectivity index (χ0n) is 15.4. The lowest BCUT2D eigenvalue weighted by Crippen LogP contribution is -2.53. The van der Waals surface area contributed by atoms with E-state index < -0.39 is 12.2 Å². The van der Waals surface area contributed by atoms with Crippen molar-refractivity contribution < 1.29 is 19.7 Å². The van der Waals surface area contributed by atoms with Crippen molar-refractivity contribution in [2.75, 3.05) is 19.7 Å². The van der Waals surface area contributed by atoms with E-state index in [0.717, 1.165) is 19.5 Å². The Morgan fingerprint density at radius 3 is 2.73 bits per heavy atom. The second kappa shape index (κ2) is 8.35. The molecule has 0 spiro atoms. The molecule has 7 nitrogen and oxygen atoms in total. The highest BCUT2D eigenvalue weighted by Crippen LogP contribution is 2.30. The van der Waals surface area contributed by atoms with E-state index in [1.807, 2.05) is 26.0 Å². The molecule has 0 saturated carbocycles. The summed E-state index contributed by atoms with van der Waals surface area (Å²) in [6, 6.07) is 7.84. The molecule has 2 aliphatic heterocycles. The van der Waals surface area contributed by atoms with Gasteiger partial charge in [-0.2, -0.15) is 0 Å². The van der Waals surface area contributed by atoms with E-state index in [-0.39, 0.29) is 37.4 Å². The summed E-state index contributed by atoms with van der Waals surface area (Å²) in [6.45, 7) is 5.38. The predicted octanol–water partition coefficient (Wildman–Crippen LogP) is 0.242. The molecule has 0 bridgehead atoms. The average Bonchev–Trinajstić information content (AvgIpc) is 2.94. The zero-order valence-corrected chi connectivity index (χ0v) is 15.4. The molecular formula is C19H29N3O4. The van der Waals surface area contributed by atoms with Crippen LogP contribution in [-0.4, -0.2) is 71.2 Å². The second-order valence-corrected chi connectivity index (χ2v) is 7.37. The fourth-order valence-electron chi connectivity index (χ4n) is 3.87. The van der Waals surface area contributed by atoms with Crippen molar-refractivity contribution in [3.8, 4) is 0 Å². The van der Waals surface area contributed by atoms with Crippen molar-refractivity contribution >= 4 is 6.03 Å². The van der Waals surface area contributed by atoms with Crippen LogP contribution in [0.1, 0.15) is 25.0 Å². The number of nitrogens with zero attached hydrogens (tertiary/aromatic N) is 1. The summed E-state index contributed by atoms with van der Waals surface area (Å²) in [6.07, 6.45) is -0.871. The summed E-state index contributed by atoms with van der Waals surface area (Å²) in [5, 5.41) is 25.8. The smallest absolute Gasteiger partial charge is 0.315 e. The summed E-state index contributed by atoms with van der Waals surface area (Å²) in [4.78, 5) is 14.1. The van der Waals surface area contributed by atoms with Crippen LogP contribution in [0.15, 0.2) is 24.3 Å². The minimum atomic E-state index is -0.787. The maximum absolute atomic E-state index is 11.9. The summed E-state index contributed by atoms with van der Waals surface area (Å²) in [5.41, 5.74) is 2.59. The molecule has 1 aromatic carbocycles. The van der Waals surface area contributed by atoms with Gasteiger partial charge in [0.15, 0.2) is 0 Å². The third kappa shape index (κ3) is 4.17. The first-order chi connectivity index (χ1) is 12.5. The summed E-state index contributed by atoms with van der Waals surface area (Å²) in [7, 11) is 0. The van der Waals surface area contributed by atoms with E-state index in [1.54, 1.807) is 0 Å². The van der Waals surface area contributed by atoms with Crippen molar-refractivity contribution in [1.29, 1.82) is 0 Å². The number of benzene rings is 1. The molecular weight excluding hydrogens is 334 g/mol. The molecule has 2 amide bonds. The lowest BCUT2D eigenvalue weighted by molar-refractivity contribution is -0.0206. The number of amides is 2. The van der Waals surface area contributed by atoms with Gasteiger partial charge < -0.3 is 25.6 Å². The fraction of sp³-hybridized carbons (Fsp3) is 0.632. The van der Waals surface area contributed by atoms with E-state index in [0.29, 0.717) is 0 Å². The number of ether oxygens (including phenoxy) is 1. The number of carbonyl (C=O) groups excluding carboxylic acids is 1. The van der Waals surface area contributed by atoms with Gasteiger partial charge in [0, 0.05) is 25.7 Å². The number of hydrogen-bond donors (Lipinski definition) is 4. The highest BCUT2D eigenvalue weighted by molar-refractivity contribution is 5.74. The number of rotatable bonds is 5. The van der Waals surface area contributed by atoms with E-state index in [9.17, 15) is 15.0 Å². The second-order valence-electron chi connectivity index (χ2n) is 7.37. The number of urea groups is 1. The Morgan fingerprint density at radius 2 is 2.04 bits per heavy atom. The number of carbonyl (C=O) groups is 1. The van der Waals surface area contributed by atoms with Gasteiger partial charge in [0.05, 0.1) is 18.8 Å². The Morgan fingerprint density at radius 1 is 1.31 bits per heavy atom. The minimum absolute atomic E-state index is 0.0460. The van der Waals surface area contributed by atoms with Crippen LogP contribution < -0.4 is 10.6 Å². The van der Waals surface area contributed by atoms with Gasteiger partial charge in [-0.15, -0.1) is 0 Å². The van der Waals surface area contributed by atoms with Gasteiger partial charge in [-0.1, -0.05) is 24.3 Å². The van der Waals surface area contributed by atoms with Crippen LogP contribution in [0.5, 0.6) is 0 Å². The molecule has 0 aromatic heterocycles. The molecule has 1 aromatic rings. The molecule has 4 unspecified atom stereocenters. The summed E-state index contributed by atoms with van der Waals surface area (Å²) < 4.78 is 5.85. The third-order valence-corrected chi connectivity index (χ3v) is 5.11.